The summed E-state index contributed by atoms with van der Waals surface area (Å²) in [6.45, 7) is 1.04. The van der Waals surface area contributed by atoms with Crippen LogP contribution in [0.15, 0.2) is 59.6 Å². The molecule has 1 saturated heterocycles. The number of nitrogens with one attached hydrogen (secondary N) is 1. The number of carbonyl (C=O) groups excluding carboxylic acids is 1. The number of methoxy groups -OCH3 is 1. The van der Waals surface area contributed by atoms with Crippen LogP contribution >= 0.6 is 0 Å². The number of hydrogen-bond acceptors (Lipinski definition) is 5. The van der Waals surface area contributed by atoms with Crippen LogP contribution in [-0.4, -0.2) is 43.8 Å². The number of ether oxygens (including phenoxy) is 1. The van der Waals surface area contributed by atoms with Crippen molar-refractivity contribution in [1.29, 1.82) is 0 Å². The van der Waals surface area contributed by atoms with E-state index in [0.29, 0.717) is 24.5 Å². The lowest BCUT2D eigenvalue weighted by molar-refractivity contribution is -0.115. The Morgan fingerprint density at radius 2 is 1.81 bits per heavy atom. The summed E-state index contributed by atoms with van der Waals surface area (Å²) >= 11 is 0. The second-order valence-corrected chi connectivity index (χ2v) is 9.83. The van der Waals surface area contributed by atoms with Gasteiger partial charge in [-0.05, 0) is 48.7 Å². The van der Waals surface area contributed by atoms with Gasteiger partial charge in [-0.15, -0.1) is 0 Å². The third-order valence-corrected chi connectivity index (χ3v) is 7.63. The molecule has 1 N–H and O–H groups in total. The van der Waals surface area contributed by atoms with Crippen molar-refractivity contribution in [3.8, 4) is 5.75 Å². The minimum atomic E-state index is -3.64. The lowest BCUT2D eigenvalue weighted by Gasteiger charge is -2.21. The lowest BCUT2D eigenvalue weighted by Crippen LogP contribution is -2.32. The Bertz CT molecular complexity index is 1210. The molecule has 0 bridgehead atoms. The Hall–Kier alpha value is -2.97. The zero-order valence-electron chi connectivity index (χ0n) is 18.1. The number of benzene rings is 2. The summed E-state index contributed by atoms with van der Waals surface area (Å²) in [6.07, 6.45) is 5.62. The number of carbonyl (C=O) groups is 1. The highest BCUT2D eigenvalue weighted by Gasteiger charge is 2.26. The van der Waals surface area contributed by atoms with Gasteiger partial charge in [-0.1, -0.05) is 31.0 Å². The molecule has 0 radical (unpaired) electrons. The number of sulfonamides is 1. The molecule has 1 fully saturated rings. The Morgan fingerprint density at radius 1 is 1.06 bits per heavy atom. The van der Waals surface area contributed by atoms with Crippen molar-refractivity contribution < 1.29 is 17.9 Å². The molecule has 0 spiro atoms. The zero-order chi connectivity index (χ0) is 22.6. The van der Waals surface area contributed by atoms with Crippen LogP contribution in [0.5, 0.6) is 5.75 Å². The molecule has 0 aliphatic carbocycles. The second-order valence-electron chi connectivity index (χ2n) is 7.89. The number of amides is 1. The Kier molecular flexibility index (Phi) is 6.72. The summed E-state index contributed by atoms with van der Waals surface area (Å²) in [7, 11) is -2.15. The van der Waals surface area contributed by atoms with Gasteiger partial charge in [0.1, 0.15) is 5.75 Å². The summed E-state index contributed by atoms with van der Waals surface area (Å²) in [5.41, 5.74) is 2.01. The fourth-order valence-corrected chi connectivity index (χ4v) is 5.60. The quantitative estimate of drug-likeness (QED) is 0.610. The second kappa shape index (κ2) is 9.67. The van der Waals surface area contributed by atoms with Crippen LogP contribution in [0.2, 0.25) is 0 Å². The summed E-state index contributed by atoms with van der Waals surface area (Å²) in [4.78, 5) is 17.3. The molecule has 1 aromatic heterocycles. The largest absolute Gasteiger partial charge is 0.495 e. The van der Waals surface area contributed by atoms with Crippen LogP contribution < -0.4 is 10.1 Å². The van der Waals surface area contributed by atoms with Gasteiger partial charge in [0.05, 0.1) is 29.6 Å². The first-order chi connectivity index (χ1) is 15.5. The van der Waals surface area contributed by atoms with Gasteiger partial charge >= 0.3 is 0 Å². The minimum Gasteiger partial charge on any atom is -0.495 e. The summed E-state index contributed by atoms with van der Waals surface area (Å²) < 4.78 is 33.3. The molecule has 7 nitrogen and oxygen atoms in total. The number of nitrogens with zero attached hydrogens (tertiary/aromatic N) is 2. The monoisotopic (exact) mass is 453 g/mol. The standard InChI is InChI=1S/C24H27N3O4S/c1-31-23-11-10-19(32(29,30)27-14-6-2-3-7-15-27)17-22(23)26-24(28)16-18-12-13-25-21-9-5-4-8-20(18)21/h4-5,8-13,17H,2-3,6-7,14-16H2,1H3,(H,26,28). The van der Waals surface area contributed by atoms with E-state index in [1.807, 2.05) is 30.3 Å². The average molecular weight is 454 g/mol. The molecule has 2 heterocycles. The van der Waals surface area contributed by atoms with Crippen LogP contribution in [-0.2, 0) is 21.2 Å². The third kappa shape index (κ3) is 4.76. The highest BCUT2D eigenvalue weighted by molar-refractivity contribution is 7.89. The maximum Gasteiger partial charge on any atom is 0.243 e. The van der Waals surface area contributed by atoms with E-state index in [9.17, 15) is 13.2 Å². The van der Waals surface area contributed by atoms with E-state index in [1.165, 1.54) is 23.5 Å². The number of para-hydroxylation sites is 1. The fraction of sp³-hybridized carbons (Fsp3) is 0.333. The molecular weight excluding hydrogens is 426 g/mol. The normalized spacial score (nSPS) is 15.3. The topological polar surface area (TPSA) is 88.6 Å². The molecule has 168 valence electrons. The number of fused-ring (bicyclic) bond motifs is 1. The van der Waals surface area contributed by atoms with Gasteiger partial charge in [-0.25, -0.2) is 8.42 Å². The number of anilines is 1. The van der Waals surface area contributed by atoms with Gasteiger partial charge < -0.3 is 10.1 Å². The SMILES string of the molecule is COc1ccc(S(=O)(=O)N2CCCCCC2)cc1NC(=O)Cc1ccnc2ccccc12. The molecule has 1 aliphatic heterocycles. The highest BCUT2D eigenvalue weighted by atomic mass is 32.2. The van der Waals surface area contributed by atoms with Crippen molar-refractivity contribution in [1.82, 2.24) is 9.29 Å². The number of hydrogen-bond donors (Lipinski definition) is 1. The molecule has 32 heavy (non-hydrogen) atoms. The summed E-state index contributed by atoms with van der Waals surface area (Å²) in [5, 5.41) is 3.75. The van der Waals surface area contributed by atoms with E-state index in [-0.39, 0.29) is 17.2 Å². The van der Waals surface area contributed by atoms with Gasteiger partial charge in [0.25, 0.3) is 0 Å². The van der Waals surface area contributed by atoms with E-state index < -0.39 is 10.0 Å². The molecule has 1 aliphatic rings. The molecule has 4 rings (SSSR count). The van der Waals surface area contributed by atoms with E-state index in [2.05, 4.69) is 10.3 Å². The van der Waals surface area contributed by atoms with E-state index >= 15 is 0 Å². The summed E-state index contributed by atoms with van der Waals surface area (Å²) in [5.74, 6) is 0.150. The third-order valence-electron chi connectivity index (χ3n) is 5.74. The van der Waals surface area contributed by atoms with E-state index in [0.717, 1.165) is 42.1 Å². The lowest BCUT2D eigenvalue weighted by atomic mass is 10.1. The maximum absolute atomic E-state index is 13.2. The smallest absolute Gasteiger partial charge is 0.243 e. The molecule has 0 saturated carbocycles. The molecular formula is C24H27N3O4S. The first-order valence-corrected chi connectivity index (χ1v) is 12.2. The van der Waals surface area contributed by atoms with E-state index in [4.69, 9.17) is 4.74 Å². The van der Waals surface area contributed by atoms with Crippen LogP contribution in [0, 0.1) is 0 Å². The Morgan fingerprint density at radius 3 is 2.56 bits per heavy atom. The van der Waals surface area contributed by atoms with Gasteiger partial charge in [0.15, 0.2) is 0 Å². The molecule has 1 amide bonds. The van der Waals surface area contributed by atoms with Crippen molar-refractivity contribution in [2.75, 3.05) is 25.5 Å². The highest BCUT2D eigenvalue weighted by Crippen LogP contribution is 2.30. The Labute approximate surface area is 188 Å². The molecule has 2 aromatic carbocycles. The van der Waals surface area contributed by atoms with Gasteiger partial charge in [-0.2, -0.15) is 4.31 Å². The van der Waals surface area contributed by atoms with Crippen molar-refractivity contribution in [2.24, 2.45) is 0 Å². The molecule has 3 aromatic rings. The van der Waals surface area contributed by atoms with Crippen LogP contribution in [0.25, 0.3) is 10.9 Å². The predicted molar refractivity (Wildman–Crippen MR) is 124 cm³/mol. The molecule has 0 atom stereocenters. The first-order valence-electron chi connectivity index (χ1n) is 10.8. The first kappa shape index (κ1) is 22.2. The fourth-order valence-electron chi connectivity index (χ4n) is 4.05. The van der Waals surface area contributed by atoms with Gasteiger partial charge in [-0.3, -0.25) is 9.78 Å². The van der Waals surface area contributed by atoms with Crippen molar-refractivity contribution in [2.45, 2.75) is 37.0 Å². The number of pyridine rings is 1. The van der Waals surface area contributed by atoms with Crippen molar-refractivity contribution >= 4 is 32.5 Å². The number of rotatable bonds is 6. The number of aromatic nitrogens is 1. The van der Waals surface area contributed by atoms with Gasteiger partial charge in [0, 0.05) is 24.7 Å². The average Bonchev–Trinajstić information content (AvgIpc) is 3.09. The Balaban J connectivity index is 1.58. The van der Waals surface area contributed by atoms with Crippen molar-refractivity contribution in [3.63, 3.8) is 0 Å². The molecule has 0 unspecified atom stereocenters. The molecule has 8 heteroatoms. The zero-order valence-corrected chi connectivity index (χ0v) is 18.9. The summed E-state index contributed by atoms with van der Waals surface area (Å²) in [6, 6.07) is 14.1. The van der Waals surface area contributed by atoms with Gasteiger partial charge in [0.2, 0.25) is 15.9 Å². The maximum atomic E-state index is 13.2. The minimum absolute atomic E-state index is 0.134. The van der Waals surface area contributed by atoms with Crippen molar-refractivity contribution in [3.05, 3.63) is 60.3 Å². The predicted octanol–water partition coefficient (Wildman–Crippen LogP) is 3.99. The van der Waals surface area contributed by atoms with Crippen LogP contribution in [0.1, 0.15) is 31.2 Å². The van der Waals surface area contributed by atoms with Crippen LogP contribution in [0.4, 0.5) is 5.69 Å². The van der Waals surface area contributed by atoms with Crippen LogP contribution in [0.3, 0.4) is 0 Å². The van der Waals surface area contributed by atoms with E-state index in [1.54, 1.807) is 12.3 Å².